The molecule has 4 heteroatoms. The molecular formula is C16H24ClN3. The first kappa shape index (κ1) is 15.3. The van der Waals surface area contributed by atoms with Crippen LogP contribution < -0.4 is 5.32 Å². The van der Waals surface area contributed by atoms with E-state index >= 15 is 0 Å². The Morgan fingerprint density at radius 1 is 1.15 bits per heavy atom. The van der Waals surface area contributed by atoms with Crippen molar-refractivity contribution in [2.45, 2.75) is 45.7 Å². The summed E-state index contributed by atoms with van der Waals surface area (Å²) in [5, 5.41) is 9.46. The topological polar surface area (TPSA) is 29.9 Å². The molecule has 0 aliphatic rings. The molecule has 0 unspecified atom stereocenters. The fraction of sp³-hybridized carbons (Fsp3) is 0.562. The molecule has 0 aliphatic carbocycles. The van der Waals surface area contributed by atoms with E-state index in [2.05, 4.69) is 41.2 Å². The van der Waals surface area contributed by atoms with E-state index < -0.39 is 0 Å². The highest BCUT2D eigenvalue weighted by Gasteiger charge is 2.07. The summed E-state index contributed by atoms with van der Waals surface area (Å²) in [5.41, 5.74) is 2.39. The Hall–Kier alpha value is -1.06. The lowest BCUT2D eigenvalue weighted by Crippen LogP contribution is -2.15. The van der Waals surface area contributed by atoms with Gasteiger partial charge in [-0.1, -0.05) is 31.0 Å². The van der Waals surface area contributed by atoms with Gasteiger partial charge in [-0.3, -0.25) is 4.68 Å². The minimum absolute atomic E-state index is 0.786. The van der Waals surface area contributed by atoms with Crippen molar-refractivity contribution in [2.24, 2.45) is 0 Å². The van der Waals surface area contributed by atoms with E-state index in [1.807, 2.05) is 0 Å². The van der Waals surface area contributed by atoms with Crippen LogP contribution >= 0.6 is 11.6 Å². The van der Waals surface area contributed by atoms with Gasteiger partial charge in [-0.2, -0.15) is 5.10 Å². The largest absolute Gasteiger partial charge is 0.311 e. The first-order valence-corrected chi connectivity index (χ1v) is 8.11. The molecule has 1 N–H and O–H groups in total. The van der Waals surface area contributed by atoms with E-state index in [9.17, 15) is 0 Å². The minimum atomic E-state index is 0.786. The van der Waals surface area contributed by atoms with Crippen molar-refractivity contribution < 1.29 is 0 Å². The number of fused-ring (bicyclic) bond motifs is 1. The van der Waals surface area contributed by atoms with Crippen LogP contribution in [0.3, 0.4) is 0 Å². The van der Waals surface area contributed by atoms with Crippen LogP contribution in [0.15, 0.2) is 24.3 Å². The number of para-hydroxylation sites is 1. The molecule has 0 saturated heterocycles. The normalized spacial score (nSPS) is 11.3. The quantitative estimate of drug-likeness (QED) is 0.560. The molecule has 0 saturated carbocycles. The molecule has 1 aromatic carbocycles. The van der Waals surface area contributed by atoms with Gasteiger partial charge in [0.2, 0.25) is 0 Å². The Morgan fingerprint density at radius 3 is 2.75 bits per heavy atom. The van der Waals surface area contributed by atoms with E-state index in [-0.39, 0.29) is 0 Å². The van der Waals surface area contributed by atoms with E-state index in [1.165, 1.54) is 30.2 Å². The molecule has 1 aromatic heterocycles. The summed E-state index contributed by atoms with van der Waals surface area (Å²) in [7, 11) is 0. The average Bonchev–Trinajstić information content (AvgIpc) is 2.85. The Kier molecular flexibility index (Phi) is 6.34. The number of halogens is 1. The lowest BCUT2D eigenvalue weighted by Gasteiger charge is -2.03. The number of nitrogens with one attached hydrogen (secondary N) is 1. The molecule has 0 spiro atoms. The summed E-state index contributed by atoms with van der Waals surface area (Å²) in [6, 6.07) is 8.46. The fourth-order valence-electron chi connectivity index (χ4n) is 2.47. The van der Waals surface area contributed by atoms with Crippen LogP contribution in [0.25, 0.3) is 10.9 Å². The van der Waals surface area contributed by atoms with Crippen LogP contribution in [-0.4, -0.2) is 22.2 Å². The molecule has 0 fully saturated rings. The van der Waals surface area contributed by atoms with Crippen molar-refractivity contribution >= 4 is 22.5 Å². The second kappa shape index (κ2) is 8.28. The van der Waals surface area contributed by atoms with Gasteiger partial charge < -0.3 is 5.32 Å². The molecule has 110 valence electrons. The van der Waals surface area contributed by atoms with Gasteiger partial charge in [0.25, 0.3) is 0 Å². The SMILES string of the molecule is CCn1nc(CNCCCCCCCl)c2ccccc21. The number of unbranched alkanes of at least 4 members (excludes halogenated alkanes) is 3. The number of hydrogen-bond donors (Lipinski definition) is 1. The van der Waals surface area contributed by atoms with Crippen molar-refractivity contribution in [1.29, 1.82) is 0 Å². The molecule has 0 radical (unpaired) electrons. The van der Waals surface area contributed by atoms with Crippen LogP contribution in [0.2, 0.25) is 0 Å². The average molecular weight is 294 g/mol. The highest BCUT2D eigenvalue weighted by atomic mass is 35.5. The van der Waals surface area contributed by atoms with Crippen LogP contribution in [0.1, 0.15) is 38.3 Å². The molecule has 20 heavy (non-hydrogen) atoms. The maximum absolute atomic E-state index is 5.67. The van der Waals surface area contributed by atoms with Crippen LogP contribution in [0, 0.1) is 0 Å². The number of hydrogen-bond acceptors (Lipinski definition) is 2. The Morgan fingerprint density at radius 2 is 1.95 bits per heavy atom. The molecular weight excluding hydrogens is 270 g/mol. The second-order valence-electron chi connectivity index (χ2n) is 5.06. The predicted molar refractivity (Wildman–Crippen MR) is 86.3 cm³/mol. The first-order chi connectivity index (χ1) is 9.86. The lowest BCUT2D eigenvalue weighted by atomic mass is 10.2. The van der Waals surface area contributed by atoms with Gasteiger partial charge >= 0.3 is 0 Å². The van der Waals surface area contributed by atoms with E-state index in [0.29, 0.717) is 0 Å². The smallest absolute Gasteiger partial charge is 0.0841 e. The molecule has 0 aliphatic heterocycles. The van der Waals surface area contributed by atoms with Crippen LogP contribution in [-0.2, 0) is 13.1 Å². The maximum Gasteiger partial charge on any atom is 0.0841 e. The Bertz CT molecular complexity index is 521. The zero-order valence-electron chi connectivity index (χ0n) is 12.2. The number of alkyl halides is 1. The molecule has 3 nitrogen and oxygen atoms in total. The van der Waals surface area contributed by atoms with Crippen molar-refractivity contribution in [1.82, 2.24) is 15.1 Å². The van der Waals surface area contributed by atoms with E-state index in [0.717, 1.165) is 37.6 Å². The number of benzene rings is 1. The van der Waals surface area contributed by atoms with Crippen molar-refractivity contribution in [3.05, 3.63) is 30.0 Å². The van der Waals surface area contributed by atoms with Crippen LogP contribution in [0.5, 0.6) is 0 Å². The highest BCUT2D eigenvalue weighted by molar-refractivity contribution is 6.17. The van der Waals surface area contributed by atoms with Gasteiger partial charge in [-0.25, -0.2) is 0 Å². The van der Waals surface area contributed by atoms with Gasteiger partial charge in [0.1, 0.15) is 0 Å². The summed E-state index contributed by atoms with van der Waals surface area (Å²) in [6.07, 6.45) is 4.83. The standard InChI is InChI=1S/C16H24ClN3/c1-2-20-16-10-6-5-9-14(16)15(19-20)13-18-12-8-4-3-7-11-17/h5-6,9-10,18H,2-4,7-8,11-13H2,1H3. The molecule has 0 amide bonds. The van der Waals surface area contributed by atoms with Crippen molar-refractivity contribution in [2.75, 3.05) is 12.4 Å². The zero-order chi connectivity index (χ0) is 14.2. The predicted octanol–water partition coefficient (Wildman–Crippen LogP) is 3.95. The van der Waals surface area contributed by atoms with E-state index in [4.69, 9.17) is 16.7 Å². The summed E-state index contributed by atoms with van der Waals surface area (Å²) in [4.78, 5) is 0. The maximum atomic E-state index is 5.67. The third-order valence-corrected chi connectivity index (χ3v) is 3.83. The zero-order valence-corrected chi connectivity index (χ0v) is 13.0. The first-order valence-electron chi connectivity index (χ1n) is 7.58. The minimum Gasteiger partial charge on any atom is -0.311 e. The van der Waals surface area contributed by atoms with Crippen LogP contribution in [0.4, 0.5) is 0 Å². The monoisotopic (exact) mass is 293 g/mol. The summed E-state index contributed by atoms with van der Waals surface area (Å²) in [5.74, 6) is 0.786. The van der Waals surface area contributed by atoms with Gasteiger partial charge in [0.15, 0.2) is 0 Å². The third kappa shape index (κ3) is 3.97. The third-order valence-electron chi connectivity index (χ3n) is 3.56. The summed E-state index contributed by atoms with van der Waals surface area (Å²) < 4.78 is 2.08. The van der Waals surface area contributed by atoms with Gasteiger partial charge in [0.05, 0.1) is 11.2 Å². The van der Waals surface area contributed by atoms with E-state index in [1.54, 1.807) is 0 Å². The fourth-order valence-corrected chi connectivity index (χ4v) is 2.66. The lowest BCUT2D eigenvalue weighted by molar-refractivity contribution is 0.585. The number of rotatable bonds is 9. The van der Waals surface area contributed by atoms with Gasteiger partial charge in [0, 0.05) is 24.4 Å². The van der Waals surface area contributed by atoms with Gasteiger partial charge in [-0.15, -0.1) is 11.6 Å². The number of nitrogens with zero attached hydrogens (tertiary/aromatic N) is 2. The molecule has 2 aromatic rings. The number of aromatic nitrogens is 2. The number of aryl methyl sites for hydroxylation is 1. The molecule has 1 heterocycles. The highest BCUT2D eigenvalue weighted by Crippen LogP contribution is 2.18. The van der Waals surface area contributed by atoms with Crippen molar-refractivity contribution in [3.8, 4) is 0 Å². The summed E-state index contributed by atoms with van der Waals surface area (Å²) in [6.45, 7) is 4.95. The van der Waals surface area contributed by atoms with Crippen molar-refractivity contribution in [3.63, 3.8) is 0 Å². The van der Waals surface area contributed by atoms with Gasteiger partial charge in [-0.05, 0) is 32.4 Å². The molecule has 0 atom stereocenters. The summed E-state index contributed by atoms with van der Waals surface area (Å²) >= 11 is 5.67. The Balaban J connectivity index is 1.84. The Labute approximate surface area is 126 Å². The molecule has 0 bridgehead atoms. The second-order valence-corrected chi connectivity index (χ2v) is 5.44. The molecule has 2 rings (SSSR count).